The number of nitrogens with zero attached hydrogens (tertiary/aromatic N) is 2. The molecule has 190 valence electrons. The van der Waals surface area contributed by atoms with Crippen LogP contribution in [0.15, 0.2) is 76.3 Å². The normalized spacial score (nSPS) is 11.1. The van der Waals surface area contributed by atoms with Crippen LogP contribution < -0.4 is 21.9 Å². The molecule has 8 heteroatoms. The average molecular weight is 499 g/mol. The molecule has 0 aliphatic heterocycles. The molecule has 2 amide bonds. The Morgan fingerprint density at radius 1 is 0.892 bits per heavy atom. The Morgan fingerprint density at radius 3 is 2.30 bits per heavy atom. The number of carbonyl (C=O) groups is 2. The Hall–Kier alpha value is -4.46. The monoisotopic (exact) mass is 498 g/mol. The number of carbonyl (C=O) groups excluding carboxylic acids is 2. The second-order valence-electron chi connectivity index (χ2n) is 9.46. The topological polar surface area (TPSA) is 102 Å². The van der Waals surface area contributed by atoms with Gasteiger partial charge in [-0.15, -0.1) is 0 Å². The standard InChI is InChI=1S/C29H30N4O4/c1-18(2)30-26(34)16-21-11-13-22(14-12-21)33-28(36)23-7-5-6-8-25(23)32(29(33)37)17-27(35)31-24-15-19(3)9-10-20(24)4/h5-15,18H,16-17H2,1-4H3,(H,30,34)(H,31,35). The van der Waals surface area contributed by atoms with Crippen molar-refractivity contribution in [3.63, 3.8) is 0 Å². The van der Waals surface area contributed by atoms with E-state index >= 15 is 0 Å². The highest BCUT2D eigenvalue weighted by molar-refractivity contribution is 5.92. The van der Waals surface area contributed by atoms with Gasteiger partial charge in [0.1, 0.15) is 6.54 Å². The molecule has 1 aromatic heterocycles. The van der Waals surface area contributed by atoms with E-state index in [-0.39, 0.29) is 30.8 Å². The number of nitrogens with one attached hydrogen (secondary N) is 2. The zero-order chi connectivity index (χ0) is 26.7. The van der Waals surface area contributed by atoms with Crippen molar-refractivity contribution in [3.8, 4) is 5.69 Å². The van der Waals surface area contributed by atoms with Gasteiger partial charge in [-0.3, -0.25) is 19.0 Å². The molecule has 0 aliphatic rings. The van der Waals surface area contributed by atoms with Crippen molar-refractivity contribution in [2.75, 3.05) is 5.32 Å². The second-order valence-corrected chi connectivity index (χ2v) is 9.46. The number of benzene rings is 3. The van der Waals surface area contributed by atoms with Crippen LogP contribution in [0.3, 0.4) is 0 Å². The number of fused-ring (bicyclic) bond motifs is 1. The molecule has 37 heavy (non-hydrogen) atoms. The molecule has 0 unspecified atom stereocenters. The summed E-state index contributed by atoms with van der Waals surface area (Å²) < 4.78 is 2.37. The summed E-state index contributed by atoms with van der Waals surface area (Å²) in [6.07, 6.45) is 0.188. The average Bonchev–Trinajstić information content (AvgIpc) is 2.84. The van der Waals surface area contributed by atoms with E-state index in [0.717, 1.165) is 21.3 Å². The van der Waals surface area contributed by atoms with Crippen LogP contribution in [0.5, 0.6) is 0 Å². The largest absolute Gasteiger partial charge is 0.354 e. The number of anilines is 1. The molecule has 2 N–H and O–H groups in total. The molecule has 0 saturated carbocycles. The van der Waals surface area contributed by atoms with E-state index in [1.807, 2.05) is 45.9 Å². The van der Waals surface area contributed by atoms with E-state index in [1.165, 1.54) is 4.57 Å². The third kappa shape index (κ3) is 5.69. The van der Waals surface area contributed by atoms with Crippen molar-refractivity contribution in [1.29, 1.82) is 0 Å². The van der Waals surface area contributed by atoms with Gasteiger partial charge in [-0.05, 0) is 74.7 Å². The van der Waals surface area contributed by atoms with Crippen LogP contribution in [-0.4, -0.2) is 27.0 Å². The van der Waals surface area contributed by atoms with Gasteiger partial charge in [0, 0.05) is 11.7 Å². The van der Waals surface area contributed by atoms with Gasteiger partial charge in [-0.25, -0.2) is 9.36 Å². The predicted molar refractivity (Wildman–Crippen MR) is 145 cm³/mol. The smallest absolute Gasteiger partial charge is 0.336 e. The van der Waals surface area contributed by atoms with Crippen LogP contribution in [0, 0.1) is 13.8 Å². The number of para-hydroxylation sites is 1. The van der Waals surface area contributed by atoms with Gasteiger partial charge in [0.15, 0.2) is 0 Å². The first-order valence-corrected chi connectivity index (χ1v) is 12.1. The molecule has 8 nitrogen and oxygen atoms in total. The highest BCUT2D eigenvalue weighted by atomic mass is 16.2. The van der Waals surface area contributed by atoms with E-state index in [0.29, 0.717) is 22.3 Å². The minimum atomic E-state index is -0.620. The molecule has 0 fully saturated rings. The minimum absolute atomic E-state index is 0.0356. The van der Waals surface area contributed by atoms with Crippen molar-refractivity contribution < 1.29 is 9.59 Å². The Kier molecular flexibility index (Phi) is 7.38. The van der Waals surface area contributed by atoms with Crippen LogP contribution in [0.4, 0.5) is 5.69 Å². The Balaban J connectivity index is 1.71. The molecule has 3 aromatic carbocycles. The maximum absolute atomic E-state index is 13.6. The quantitative estimate of drug-likeness (QED) is 0.407. The van der Waals surface area contributed by atoms with Crippen LogP contribution >= 0.6 is 0 Å². The summed E-state index contributed by atoms with van der Waals surface area (Å²) in [7, 11) is 0. The highest BCUT2D eigenvalue weighted by Gasteiger charge is 2.17. The van der Waals surface area contributed by atoms with Crippen molar-refractivity contribution in [2.45, 2.75) is 46.7 Å². The van der Waals surface area contributed by atoms with Gasteiger partial charge in [0.05, 0.1) is 23.0 Å². The summed E-state index contributed by atoms with van der Waals surface area (Å²) in [5.74, 6) is -0.486. The van der Waals surface area contributed by atoms with E-state index in [9.17, 15) is 19.2 Å². The number of hydrogen-bond donors (Lipinski definition) is 2. The summed E-state index contributed by atoms with van der Waals surface area (Å²) in [5.41, 5.74) is 2.98. The minimum Gasteiger partial charge on any atom is -0.354 e. The van der Waals surface area contributed by atoms with Gasteiger partial charge < -0.3 is 10.6 Å². The fourth-order valence-electron chi connectivity index (χ4n) is 4.23. The number of hydrogen-bond acceptors (Lipinski definition) is 4. The SMILES string of the molecule is Cc1ccc(C)c(NC(=O)Cn2c(=O)n(-c3ccc(CC(=O)NC(C)C)cc3)c(=O)c3ccccc32)c1. The zero-order valence-corrected chi connectivity index (χ0v) is 21.4. The van der Waals surface area contributed by atoms with Crippen molar-refractivity contribution in [3.05, 3.63) is 104 Å². The first kappa shape index (κ1) is 25.6. The van der Waals surface area contributed by atoms with Crippen LogP contribution in [0.1, 0.15) is 30.5 Å². The van der Waals surface area contributed by atoms with Gasteiger partial charge in [-0.2, -0.15) is 0 Å². The van der Waals surface area contributed by atoms with Gasteiger partial charge in [0.25, 0.3) is 5.56 Å². The number of aromatic nitrogens is 2. The third-order valence-corrected chi connectivity index (χ3v) is 6.03. The fourth-order valence-corrected chi connectivity index (χ4v) is 4.23. The molecule has 0 bridgehead atoms. The Labute approximate surface area is 214 Å². The van der Waals surface area contributed by atoms with Crippen LogP contribution in [0.2, 0.25) is 0 Å². The number of rotatable bonds is 7. The van der Waals surface area contributed by atoms with E-state index in [1.54, 1.807) is 48.5 Å². The second kappa shape index (κ2) is 10.7. The molecule has 4 rings (SSSR count). The lowest BCUT2D eigenvalue weighted by atomic mass is 10.1. The molecular formula is C29H30N4O4. The van der Waals surface area contributed by atoms with Crippen molar-refractivity contribution in [1.82, 2.24) is 14.5 Å². The summed E-state index contributed by atoms with van der Waals surface area (Å²) in [6.45, 7) is 7.35. The predicted octanol–water partition coefficient (Wildman–Crippen LogP) is 3.48. The maximum Gasteiger partial charge on any atom is 0.336 e. The van der Waals surface area contributed by atoms with E-state index in [2.05, 4.69) is 10.6 Å². The molecule has 0 radical (unpaired) electrons. The first-order chi connectivity index (χ1) is 17.6. The summed E-state index contributed by atoms with van der Waals surface area (Å²) in [6, 6.07) is 19.2. The summed E-state index contributed by atoms with van der Waals surface area (Å²) in [5, 5.41) is 6.04. The number of amides is 2. The Morgan fingerprint density at radius 2 is 1.59 bits per heavy atom. The lowest BCUT2D eigenvalue weighted by molar-refractivity contribution is -0.121. The van der Waals surface area contributed by atoms with Crippen molar-refractivity contribution >= 4 is 28.4 Å². The van der Waals surface area contributed by atoms with Crippen LogP contribution in [0.25, 0.3) is 16.6 Å². The van der Waals surface area contributed by atoms with Gasteiger partial charge in [-0.1, -0.05) is 36.4 Å². The molecule has 0 aliphatic carbocycles. The van der Waals surface area contributed by atoms with Gasteiger partial charge in [0.2, 0.25) is 11.8 Å². The molecule has 0 spiro atoms. The highest BCUT2D eigenvalue weighted by Crippen LogP contribution is 2.17. The zero-order valence-electron chi connectivity index (χ0n) is 21.4. The number of aryl methyl sites for hydroxylation is 2. The fraction of sp³-hybridized carbons (Fsp3) is 0.241. The van der Waals surface area contributed by atoms with E-state index < -0.39 is 11.2 Å². The maximum atomic E-state index is 13.6. The lowest BCUT2D eigenvalue weighted by Crippen LogP contribution is -2.40. The summed E-state index contributed by atoms with van der Waals surface area (Å²) >= 11 is 0. The molecule has 1 heterocycles. The van der Waals surface area contributed by atoms with E-state index in [4.69, 9.17) is 0 Å². The third-order valence-electron chi connectivity index (χ3n) is 6.03. The van der Waals surface area contributed by atoms with Crippen molar-refractivity contribution in [2.24, 2.45) is 0 Å². The first-order valence-electron chi connectivity index (χ1n) is 12.1. The molecule has 0 saturated heterocycles. The van der Waals surface area contributed by atoms with Crippen LogP contribution in [-0.2, 0) is 22.6 Å². The lowest BCUT2D eigenvalue weighted by Gasteiger charge is -2.15. The van der Waals surface area contributed by atoms with Gasteiger partial charge >= 0.3 is 5.69 Å². The molecule has 0 atom stereocenters. The molecular weight excluding hydrogens is 468 g/mol. The summed E-state index contributed by atoms with van der Waals surface area (Å²) in [4.78, 5) is 52.0. The Bertz CT molecular complexity index is 1600. The molecule has 4 aromatic rings.